The zero-order chi connectivity index (χ0) is 9.14. The molecule has 0 spiro atoms. The summed E-state index contributed by atoms with van der Waals surface area (Å²) in [4.78, 5) is 0. The Hall–Kier alpha value is -1.54. The van der Waals surface area contributed by atoms with Gasteiger partial charge in [0.25, 0.3) is 0 Å². The Morgan fingerprint density at radius 2 is 2.08 bits per heavy atom. The lowest BCUT2D eigenvalue weighted by Crippen LogP contribution is -2.13. The molecule has 2 heteroatoms. The third-order valence-corrected chi connectivity index (χ3v) is 2.24. The molecule has 1 rings (SSSR count). The maximum absolute atomic E-state index is 8.82. The molecule has 0 aromatic heterocycles. The highest BCUT2D eigenvalue weighted by Crippen LogP contribution is 2.28. The van der Waals surface area contributed by atoms with Gasteiger partial charge in [0.05, 0.1) is 23.6 Å². The Labute approximate surface area is 72.4 Å². The van der Waals surface area contributed by atoms with Gasteiger partial charge in [-0.05, 0) is 24.5 Å². The van der Waals surface area contributed by atoms with Crippen molar-refractivity contribution in [3.63, 3.8) is 0 Å². The van der Waals surface area contributed by atoms with Crippen LogP contribution in [-0.4, -0.2) is 0 Å². The standard InChI is InChI=1S/C10H10N2/c1-7-3-4-9(5-11)8(2)10(7)6-12/h3-4,7,10H,1-2H3. The molecule has 0 N–H and O–H groups in total. The first kappa shape index (κ1) is 8.56. The molecule has 0 bridgehead atoms. The zero-order valence-electron chi connectivity index (χ0n) is 7.20. The second kappa shape index (κ2) is 3.24. The summed E-state index contributed by atoms with van der Waals surface area (Å²) in [5.41, 5.74) is 1.54. The van der Waals surface area contributed by atoms with E-state index in [1.165, 1.54) is 0 Å². The predicted molar refractivity (Wildman–Crippen MR) is 45.7 cm³/mol. The van der Waals surface area contributed by atoms with Crippen LogP contribution in [0.4, 0.5) is 0 Å². The molecule has 2 unspecified atom stereocenters. The van der Waals surface area contributed by atoms with Gasteiger partial charge in [0.1, 0.15) is 0 Å². The molecule has 1 aliphatic rings. The highest BCUT2D eigenvalue weighted by atomic mass is 14.3. The molecule has 0 aromatic rings. The lowest BCUT2D eigenvalue weighted by Gasteiger charge is -2.19. The van der Waals surface area contributed by atoms with Crippen LogP contribution in [0.5, 0.6) is 0 Å². The van der Waals surface area contributed by atoms with Gasteiger partial charge in [-0.2, -0.15) is 10.5 Å². The molecule has 0 amide bonds. The Balaban J connectivity index is 3.09. The molecule has 0 saturated heterocycles. The molecule has 12 heavy (non-hydrogen) atoms. The maximum Gasteiger partial charge on any atom is 0.0991 e. The van der Waals surface area contributed by atoms with Crippen molar-refractivity contribution >= 4 is 0 Å². The van der Waals surface area contributed by atoms with Crippen molar-refractivity contribution in [3.05, 3.63) is 23.3 Å². The van der Waals surface area contributed by atoms with Gasteiger partial charge in [0.2, 0.25) is 0 Å². The first-order valence-electron chi connectivity index (χ1n) is 3.89. The Morgan fingerprint density at radius 3 is 2.58 bits per heavy atom. The van der Waals surface area contributed by atoms with E-state index in [9.17, 15) is 0 Å². The van der Waals surface area contributed by atoms with Crippen molar-refractivity contribution in [1.29, 1.82) is 10.5 Å². The van der Waals surface area contributed by atoms with Crippen molar-refractivity contribution in [2.45, 2.75) is 13.8 Å². The van der Waals surface area contributed by atoms with Crippen LogP contribution in [-0.2, 0) is 0 Å². The first-order valence-corrected chi connectivity index (χ1v) is 3.89. The molecule has 0 aliphatic heterocycles. The van der Waals surface area contributed by atoms with Crippen molar-refractivity contribution in [2.75, 3.05) is 0 Å². The number of allylic oxidation sites excluding steroid dienone is 4. The molecule has 0 radical (unpaired) electrons. The van der Waals surface area contributed by atoms with Crippen LogP contribution in [0.1, 0.15) is 13.8 Å². The minimum atomic E-state index is -0.121. The average Bonchev–Trinajstić information content (AvgIpc) is 2.06. The smallest absolute Gasteiger partial charge is 0.0991 e. The van der Waals surface area contributed by atoms with Crippen LogP contribution >= 0.6 is 0 Å². The van der Waals surface area contributed by atoms with E-state index < -0.39 is 0 Å². The average molecular weight is 158 g/mol. The Bertz CT molecular complexity index is 323. The third-order valence-electron chi connectivity index (χ3n) is 2.24. The highest BCUT2D eigenvalue weighted by molar-refractivity contribution is 5.43. The summed E-state index contributed by atoms with van der Waals surface area (Å²) in [6.45, 7) is 3.84. The van der Waals surface area contributed by atoms with Gasteiger partial charge >= 0.3 is 0 Å². The minimum Gasteiger partial charge on any atom is -0.198 e. The second-order valence-electron chi connectivity index (χ2n) is 3.03. The van der Waals surface area contributed by atoms with E-state index in [0.29, 0.717) is 5.57 Å². The Morgan fingerprint density at radius 1 is 1.42 bits per heavy atom. The summed E-state index contributed by atoms with van der Waals surface area (Å²) in [7, 11) is 0. The van der Waals surface area contributed by atoms with E-state index in [1.807, 2.05) is 19.9 Å². The molecule has 0 fully saturated rings. The van der Waals surface area contributed by atoms with Crippen molar-refractivity contribution in [2.24, 2.45) is 11.8 Å². The summed E-state index contributed by atoms with van der Waals surface area (Å²) >= 11 is 0. The van der Waals surface area contributed by atoms with Gasteiger partial charge in [-0.3, -0.25) is 0 Å². The fraction of sp³-hybridized carbons (Fsp3) is 0.400. The van der Waals surface area contributed by atoms with E-state index in [2.05, 4.69) is 12.1 Å². The van der Waals surface area contributed by atoms with E-state index >= 15 is 0 Å². The monoisotopic (exact) mass is 158 g/mol. The fourth-order valence-electron chi connectivity index (χ4n) is 1.39. The predicted octanol–water partition coefficient (Wildman–Crippen LogP) is 2.17. The zero-order valence-corrected chi connectivity index (χ0v) is 7.20. The molecular weight excluding hydrogens is 148 g/mol. The quantitative estimate of drug-likeness (QED) is 0.542. The topological polar surface area (TPSA) is 47.6 Å². The third kappa shape index (κ3) is 1.24. The van der Waals surface area contributed by atoms with Gasteiger partial charge in [-0.25, -0.2) is 0 Å². The lowest BCUT2D eigenvalue weighted by molar-refractivity contribution is 0.583. The van der Waals surface area contributed by atoms with Crippen molar-refractivity contribution in [3.8, 4) is 12.1 Å². The van der Waals surface area contributed by atoms with E-state index in [4.69, 9.17) is 10.5 Å². The molecule has 0 heterocycles. The number of nitrogens with zero attached hydrogens (tertiary/aromatic N) is 2. The van der Waals surface area contributed by atoms with Gasteiger partial charge in [-0.1, -0.05) is 13.0 Å². The fourth-order valence-corrected chi connectivity index (χ4v) is 1.39. The first-order chi connectivity index (χ1) is 5.70. The molecule has 1 aliphatic carbocycles. The normalized spacial score (nSPS) is 28.0. The van der Waals surface area contributed by atoms with Crippen LogP contribution < -0.4 is 0 Å². The largest absolute Gasteiger partial charge is 0.198 e. The minimum absolute atomic E-state index is 0.121. The summed E-state index contributed by atoms with van der Waals surface area (Å²) in [6.07, 6.45) is 3.72. The van der Waals surface area contributed by atoms with Crippen molar-refractivity contribution in [1.82, 2.24) is 0 Å². The van der Waals surface area contributed by atoms with E-state index in [0.717, 1.165) is 5.57 Å². The number of hydrogen-bond acceptors (Lipinski definition) is 2. The molecular formula is C10H10N2. The van der Waals surface area contributed by atoms with Gasteiger partial charge in [0.15, 0.2) is 0 Å². The Kier molecular flexibility index (Phi) is 2.31. The molecule has 0 saturated carbocycles. The lowest BCUT2D eigenvalue weighted by atomic mass is 9.82. The molecule has 0 aromatic carbocycles. The number of nitriles is 2. The van der Waals surface area contributed by atoms with Crippen LogP contribution in [0.15, 0.2) is 23.3 Å². The van der Waals surface area contributed by atoms with Crippen LogP contribution in [0.3, 0.4) is 0 Å². The van der Waals surface area contributed by atoms with E-state index in [-0.39, 0.29) is 11.8 Å². The SMILES string of the molecule is CC1=C(C#N)C=CC(C)C1C#N. The van der Waals surface area contributed by atoms with Crippen LogP contribution in [0.2, 0.25) is 0 Å². The summed E-state index contributed by atoms with van der Waals surface area (Å²) < 4.78 is 0. The second-order valence-corrected chi connectivity index (χ2v) is 3.03. The summed E-state index contributed by atoms with van der Waals surface area (Å²) in [6, 6.07) is 4.29. The number of hydrogen-bond donors (Lipinski definition) is 0. The number of rotatable bonds is 0. The highest BCUT2D eigenvalue weighted by Gasteiger charge is 2.21. The van der Waals surface area contributed by atoms with Gasteiger partial charge in [0, 0.05) is 0 Å². The molecule has 60 valence electrons. The summed E-state index contributed by atoms with van der Waals surface area (Å²) in [5, 5.41) is 17.5. The summed E-state index contributed by atoms with van der Waals surface area (Å²) in [5.74, 6) is 0.108. The maximum atomic E-state index is 8.82. The van der Waals surface area contributed by atoms with Crippen molar-refractivity contribution < 1.29 is 0 Å². The van der Waals surface area contributed by atoms with Gasteiger partial charge < -0.3 is 0 Å². The van der Waals surface area contributed by atoms with Crippen LogP contribution in [0, 0.1) is 34.5 Å². The van der Waals surface area contributed by atoms with Gasteiger partial charge in [-0.15, -0.1) is 0 Å². The molecule has 2 atom stereocenters. The van der Waals surface area contributed by atoms with Crippen LogP contribution in [0.25, 0.3) is 0 Å². The van der Waals surface area contributed by atoms with E-state index in [1.54, 1.807) is 6.08 Å². The molecule has 2 nitrogen and oxygen atoms in total.